The third-order valence-corrected chi connectivity index (χ3v) is 7.76. The molecule has 1 N–H and O–H groups in total. The molecule has 1 aliphatic heterocycles. The minimum atomic E-state index is -3.72. The van der Waals surface area contributed by atoms with Crippen LogP contribution >= 0.6 is 11.3 Å². The molecule has 0 spiro atoms. The van der Waals surface area contributed by atoms with Gasteiger partial charge in [-0.25, -0.2) is 13.1 Å². The Balaban J connectivity index is 1.40. The van der Waals surface area contributed by atoms with Crippen molar-refractivity contribution in [3.8, 4) is 0 Å². The Bertz CT molecular complexity index is 1170. The van der Waals surface area contributed by atoms with Crippen LogP contribution < -0.4 is 9.62 Å². The fourth-order valence-corrected chi connectivity index (χ4v) is 5.45. The van der Waals surface area contributed by atoms with Crippen molar-refractivity contribution in [1.29, 1.82) is 0 Å². The summed E-state index contributed by atoms with van der Waals surface area (Å²) in [5.74, 6) is -0.234. The first-order valence-electron chi connectivity index (χ1n) is 10.7. The maximum absolute atomic E-state index is 13.0. The smallest absolute Gasteiger partial charge is 0.253 e. The van der Waals surface area contributed by atoms with Gasteiger partial charge < -0.3 is 14.5 Å². The molecular weight excluding hydrogens is 458 g/mol. The molecule has 7 nitrogen and oxygen atoms in total. The molecule has 2 aromatic carbocycles. The quantitative estimate of drug-likeness (QED) is 0.530. The van der Waals surface area contributed by atoms with E-state index in [1.807, 2.05) is 29.6 Å². The number of carbonyl (C=O) groups excluding carboxylic acids is 1. The van der Waals surface area contributed by atoms with Gasteiger partial charge in [-0.3, -0.25) is 4.79 Å². The zero-order valence-corrected chi connectivity index (χ0v) is 20.1. The molecule has 0 unspecified atom stereocenters. The molecule has 33 heavy (non-hydrogen) atoms. The standard InChI is InChI=1S/C24H27N3O4S2/c1-26(18-19-7-9-21(10-8-19)27-11-13-31-14-12-27)24(28)20-4-2-6-23(16-20)33(29,30)25-17-22-5-3-15-32-22/h2-10,15-16,25H,11-14,17-18H2,1H3. The Morgan fingerprint density at radius 3 is 2.55 bits per heavy atom. The number of nitrogens with zero attached hydrogens (tertiary/aromatic N) is 2. The second-order valence-corrected chi connectivity index (χ2v) is 10.7. The minimum absolute atomic E-state index is 0.0770. The summed E-state index contributed by atoms with van der Waals surface area (Å²) in [5, 5.41) is 1.90. The van der Waals surface area contributed by atoms with Crippen LogP contribution in [0.2, 0.25) is 0 Å². The molecule has 9 heteroatoms. The van der Waals surface area contributed by atoms with Crippen molar-refractivity contribution in [2.75, 3.05) is 38.3 Å². The first-order valence-corrected chi connectivity index (χ1v) is 13.1. The lowest BCUT2D eigenvalue weighted by atomic mass is 10.1. The number of amides is 1. The monoisotopic (exact) mass is 485 g/mol. The molecule has 1 saturated heterocycles. The molecule has 174 valence electrons. The van der Waals surface area contributed by atoms with E-state index in [9.17, 15) is 13.2 Å². The maximum Gasteiger partial charge on any atom is 0.253 e. The van der Waals surface area contributed by atoms with E-state index in [4.69, 9.17) is 4.74 Å². The highest BCUT2D eigenvalue weighted by Crippen LogP contribution is 2.19. The Labute approximate surface area is 198 Å². The number of hydrogen-bond donors (Lipinski definition) is 1. The van der Waals surface area contributed by atoms with Crippen LogP contribution in [0.5, 0.6) is 0 Å². The Morgan fingerprint density at radius 1 is 1.09 bits per heavy atom. The predicted molar refractivity (Wildman–Crippen MR) is 130 cm³/mol. The molecule has 0 aliphatic carbocycles. The van der Waals surface area contributed by atoms with E-state index in [2.05, 4.69) is 21.8 Å². The van der Waals surface area contributed by atoms with E-state index in [1.165, 1.54) is 23.5 Å². The molecule has 2 heterocycles. The van der Waals surface area contributed by atoms with Crippen LogP contribution in [0.4, 0.5) is 5.69 Å². The van der Waals surface area contributed by atoms with Gasteiger partial charge in [0.05, 0.1) is 18.1 Å². The summed E-state index contributed by atoms with van der Waals surface area (Å²) < 4.78 is 33.4. The Kier molecular flexibility index (Phi) is 7.44. The van der Waals surface area contributed by atoms with Gasteiger partial charge in [0.1, 0.15) is 0 Å². The summed E-state index contributed by atoms with van der Waals surface area (Å²) in [6, 6.07) is 18.1. The Morgan fingerprint density at radius 2 is 1.85 bits per heavy atom. The molecular formula is C24H27N3O4S2. The molecule has 0 bridgehead atoms. The molecule has 1 fully saturated rings. The van der Waals surface area contributed by atoms with E-state index in [-0.39, 0.29) is 17.3 Å². The van der Waals surface area contributed by atoms with Gasteiger partial charge in [0.15, 0.2) is 0 Å². The minimum Gasteiger partial charge on any atom is -0.378 e. The van der Waals surface area contributed by atoms with Gasteiger partial charge in [0.2, 0.25) is 10.0 Å². The third kappa shape index (κ3) is 6.00. The van der Waals surface area contributed by atoms with Crippen LogP contribution in [0.3, 0.4) is 0 Å². The number of benzene rings is 2. The van der Waals surface area contributed by atoms with Crippen LogP contribution in [-0.2, 0) is 27.8 Å². The summed E-state index contributed by atoms with van der Waals surface area (Å²) in [4.78, 5) is 17.8. The van der Waals surface area contributed by atoms with Crippen LogP contribution in [-0.4, -0.2) is 52.6 Å². The van der Waals surface area contributed by atoms with Crippen molar-refractivity contribution in [2.45, 2.75) is 18.0 Å². The largest absolute Gasteiger partial charge is 0.378 e. The third-order valence-electron chi connectivity index (χ3n) is 5.49. The summed E-state index contributed by atoms with van der Waals surface area (Å²) in [6.45, 7) is 3.86. The highest BCUT2D eigenvalue weighted by atomic mass is 32.2. The average Bonchev–Trinajstić information content (AvgIpc) is 3.37. The molecule has 1 aliphatic rings. The number of hydrogen-bond acceptors (Lipinski definition) is 6. The molecule has 1 aromatic heterocycles. The molecule has 1 amide bonds. The summed E-state index contributed by atoms with van der Waals surface area (Å²) >= 11 is 1.48. The van der Waals surface area contributed by atoms with E-state index >= 15 is 0 Å². The molecule has 0 atom stereocenters. The second-order valence-electron chi connectivity index (χ2n) is 7.86. The van der Waals surface area contributed by atoms with Crippen molar-refractivity contribution in [2.24, 2.45) is 0 Å². The van der Waals surface area contributed by atoms with Crippen LogP contribution in [0.1, 0.15) is 20.8 Å². The molecule has 0 saturated carbocycles. The predicted octanol–water partition coefficient (Wildman–Crippen LogP) is 3.34. The molecule has 4 rings (SSSR count). The number of anilines is 1. The zero-order valence-electron chi connectivity index (χ0n) is 18.4. The first-order chi connectivity index (χ1) is 15.9. The van der Waals surface area contributed by atoms with Crippen molar-refractivity contribution in [1.82, 2.24) is 9.62 Å². The number of nitrogens with one attached hydrogen (secondary N) is 1. The van der Waals surface area contributed by atoms with Gasteiger partial charge in [0.25, 0.3) is 5.91 Å². The van der Waals surface area contributed by atoms with Gasteiger partial charge in [-0.15, -0.1) is 11.3 Å². The summed E-state index contributed by atoms with van der Waals surface area (Å²) in [5.41, 5.74) is 2.48. The van der Waals surface area contributed by atoms with E-state index in [1.54, 1.807) is 24.1 Å². The Hall–Kier alpha value is -2.72. The number of carbonyl (C=O) groups is 1. The van der Waals surface area contributed by atoms with Gasteiger partial charge in [0, 0.05) is 49.4 Å². The number of sulfonamides is 1. The van der Waals surface area contributed by atoms with Crippen LogP contribution in [0, 0.1) is 0 Å². The highest BCUT2D eigenvalue weighted by Gasteiger charge is 2.19. The normalized spacial score (nSPS) is 14.3. The van der Waals surface area contributed by atoms with Gasteiger partial charge in [-0.2, -0.15) is 0 Å². The van der Waals surface area contributed by atoms with E-state index < -0.39 is 10.0 Å². The van der Waals surface area contributed by atoms with E-state index in [0.717, 1.165) is 42.4 Å². The highest BCUT2D eigenvalue weighted by molar-refractivity contribution is 7.89. The number of thiophene rings is 1. The SMILES string of the molecule is CN(Cc1ccc(N2CCOCC2)cc1)C(=O)c1cccc(S(=O)(=O)NCc2cccs2)c1. The van der Waals surface area contributed by atoms with Crippen molar-refractivity contribution < 1.29 is 17.9 Å². The topological polar surface area (TPSA) is 79.0 Å². The lowest BCUT2D eigenvalue weighted by Crippen LogP contribution is -2.36. The van der Waals surface area contributed by atoms with Crippen LogP contribution in [0.15, 0.2) is 70.9 Å². The van der Waals surface area contributed by atoms with Crippen LogP contribution in [0.25, 0.3) is 0 Å². The number of rotatable bonds is 8. The fourth-order valence-electron chi connectivity index (χ4n) is 3.66. The van der Waals surface area contributed by atoms with Gasteiger partial charge in [-0.1, -0.05) is 24.3 Å². The van der Waals surface area contributed by atoms with E-state index in [0.29, 0.717) is 12.1 Å². The summed E-state index contributed by atoms with van der Waals surface area (Å²) in [6.07, 6.45) is 0. The van der Waals surface area contributed by atoms with Gasteiger partial charge >= 0.3 is 0 Å². The number of ether oxygens (including phenoxy) is 1. The number of morpholine rings is 1. The maximum atomic E-state index is 13.0. The lowest BCUT2D eigenvalue weighted by molar-refractivity contribution is 0.0785. The second kappa shape index (κ2) is 10.5. The molecule has 0 radical (unpaired) electrons. The van der Waals surface area contributed by atoms with Gasteiger partial charge in [-0.05, 0) is 47.3 Å². The zero-order chi connectivity index (χ0) is 23.3. The first kappa shape index (κ1) is 23.4. The average molecular weight is 486 g/mol. The molecule has 3 aromatic rings. The lowest BCUT2D eigenvalue weighted by Gasteiger charge is -2.29. The van der Waals surface area contributed by atoms with Crippen molar-refractivity contribution in [3.63, 3.8) is 0 Å². The van der Waals surface area contributed by atoms with Crippen molar-refractivity contribution in [3.05, 3.63) is 82.0 Å². The fraction of sp³-hybridized carbons (Fsp3) is 0.292. The van der Waals surface area contributed by atoms with Crippen molar-refractivity contribution >= 4 is 33.0 Å². The summed E-state index contributed by atoms with van der Waals surface area (Å²) in [7, 11) is -2.00.